The summed E-state index contributed by atoms with van der Waals surface area (Å²) in [6.45, 7) is 3.91. The van der Waals surface area contributed by atoms with Crippen LogP contribution in [0.2, 0.25) is 5.02 Å². The topological polar surface area (TPSA) is 40.2 Å². The molecule has 0 radical (unpaired) electrons. The number of rotatable bonds is 6. The van der Waals surface area contributed by atoms with Crippen LogP contribution in [0.3, 0.4) is 0 Å². The lowest BCUT2D eigenvalue weighted by Crippen LogP contribution is -2.31. The molecular formula is C21H23ClFNO4. The molecule has 0 N–H and O–H groups in total. The van der Waals surface area contributed by atoms with Crippen molar-refractivity contribution < 1.29 is 23.3 Å². The maximum absolute atomic E-state index is 13.0. The van der Waals surface area contributed by atoms with Crippen molar-refractivity contribution in [1.29, 1.82) is 0 Å². The van der Waals surface area contributed by atoms with Gasteiger partial charge >= 0.3 is 0 Å². The number of hydrogen-bond donors (Lipinski definition) is 0. The zero-order chi connectivity index (χ0) is 19.3. The van der Waals surface area contributed by atoms with E-state index in [9.17, 15) is 4.39 Å². The van der Waals surface area contributed by atoms with Gasteiger partial charge in [0.1, 0.15) is 30.0 Å². The minimum absolute atomic E-state index is 0.0253. The zero-order valence-corrected chi connectivity index (χ0v) is 16.2. The first kappa shape index (κ1) is 19.5. The third-order valence-corrected chi connectivity index (χ3v) is 5.14. The Labute approximate surface area is 168 Å². The molecule has 0 aromatic heterocycles. The summed E-state index contributed by atoms with van der Waals surface area (Å²) in [5.74, 6) is 1.15. The maximum atomic E-state index is 13.0. The highest BCUT2D eigenvalue weighted by atomic mass is 35.5. The first-order valence-corrected chi connectivity index (χ1v) is 9.80. The number of ether oxygens (including phenoxy) is 4. The van der Waals surface area contributed by atoms with Crippen molar-refractivity contribution in [3.05, 3.63) is 59.4 Å². The van der Waals surface area contributed by atoms with Crippen molar-refractivity contribution in [2.45, 2.75) is 18.3 Å². The van der Waals surface area contributed by atoms with Crippen molar-refractivity contribution in [3.8, 4) is 11.5 Å². The van der Waals surface area contributed by atoms with E-state index in [0.29, 0.717) is 30.6 Å². The van der Waals surface area contributed by atoms with Gasteiger partial charge < -0.3 is 18.9 Å². The fourth-order valence-corrected chi connectivity index (χ4v) is 3.55. The van der Waals surface area contributed by atoms with Crippen LogP contribution < -0.4 is 9.47 Å². The molecule has 2 aromatic rings. The summed E-state index contributed by atoms with van der Waals surface area (Å²) in [5.41, 5.74) is 0. The quantitative estimate of drug-likeness (QED) is 0.734. The van der Waals surface area contributed by atoms with E-state index in [4.69, 9.17) is 30.5 Å². The van der Waals surface area contributed by atoms with Gasteiger partial charge in [-0.1, -0.05) is 11.6 Å². The molecule has 2 atom stereocenters. The molecule has 2 aromatic carbocycles. The normalized spacial score (nSPS) is 23.2. The summed E-state index contributed by atoms with van der Waals surface area (Å²) in [6.07, 6.45) is -0.146. The summed E-state index contributed by atoms with van der Waals surface area (Å²) < 4.78 is 36.7. The van der Waals surface area contributed by atoms with Gasteiger partial charge in [0.05, 0.1) is 25.4 Å². The van der Waals surface area contributed by atoms with Crippen LogP contribution in [0.5, 0.6) is 11.5 Å². The largest absolute Gasteiger partial charge is 0.492 e. The van der Waals surface area contributed by atoms with E-state index < -0.39 is 0 Å². The fourth-order valence-electron chi connectivity index (χ4n) is 3.43. The first-order chi connectivity index (χ1) is 13.7. The SMILES string of the molecule is Fc1ccc(OC2CO[C@H]3CN(CCOc4ccc(Cl)cc4)C[C@@H]3OC2)cc1. The van der Waals surface area contributed by atoms with Crippen LogP contribution in [-0.2, 0) is 9.47 Å². The number of hydrogen-bond acceptors (Lipinski definition) is 5. The van der Waals surface area contributed by atoms with Gasteiger partial charge in [0.2, 0.25) is 0 Å². The molecule has 0 amide bonds. The Kier molecular flexibility index (Phi) is 6.32. The van der Waals surface area contributed by atoms with Gasteiger partial charge in [-0.15, -0.1) is 0 Å². The van der Waals surface area contributed by atoms with E-state index in [0.717, 1.165) is 25.4 Å². The molecule has 4 rings (SSSR count). The van der Waals surface area contributed by atoms with Gasteiger partial charge in [-0.2, -0.15) is 0 Å². The second-order valence-corrected chi connectivity index (χ2v) is 7.44. The lowest BCUT2D eigenvalue weighted by atomic mass is 10.3. The van der Waals surface area contributed by atoms with Gasteiger partial charge in [0.25, 0.3) is 0 Å². The van der Waals surface area contributed by atoms with Gasteiger partial charge in [-0.25, -0.2) is 4.39 Å². The molecule has 0 bridgehead atoms. The van der Waals surface area contributed by atoms with Gasteiger partial charge in [0, 0.05) is 24.7 Å². The van der Waals surface area contributed by atoms with Gasteiger partial charge in [-0.3, -0.25) is 4.90 Å². The Morgan fingerprint density at radius 3 is 2.18 bits per heavy atom. The highest BCUT2D eigenvalue weighted by molar-refractivity contribution is 6.30. The zero-order valence-electron chi connectivity index (χ0n) is 15.4. The van der Waals surface area contributed by atoms with E-state index >= 15 is 0 Å². The second-order valence-electron chi connectivity index (χ2n) is 7.00. The molecule has 5 nitrogen and oxygen atoms in total. The molecule has 0 spiro atoms. The summed E-state index contributed by atoms with van der Waals surface area (Å²) in [6, 6.07) is 13.4. The molecule has 7 heteroatoms. The Bertz CT molecular complexity index is 742. The van der Waals surface area contributed by atoms with Crippen LogP contribution in [0, 0.1) is 5.82 Å². The molecule has 0 unspecified atom stereocenters. The van der Waals surface area contributed by atoms with Crippen molar-refractivity contribution >= 4 is 11.6 Å². The third-order valence-electron chi connectivity index (χ3n) is 4.89. The van der Waals surface area contributed by atoms with E-state index in [2.05, 4.69) is 4.90 Å². The van der Waals surface area contributed by atoms with Gasteiger partial charge in [-0.05, 0) is 48.5 Å². The average molecular weight is 408 g/mol. The molecule has 28 heavy (non-hydrogen) atoms. The fraction of sp³-hybridized carbons (Fsp3) is 0.429. The molecule has 2 aliphatic heterocycles. The smallest absolute Gasteiger partial charge is 0.145 e. The van der Waals surface area contributed by atoms with Crippen molar-refractivity contribution in [2.75, 3.05) is 39.5 Å². The summed E-state index contributed by atoms with van der Waals surface area (Å²) >= 11 is 5.88. The number of nitrogens with zero attached hydrogens (tertiary/aromatic N) is 1. The highest BCUT2D eigenvalue weighted by Gasteiger charge is 2.37. The van der Waals surface area contributed by atoms with Crippen molar-refractivity contribution in [1.82, 2.24) is 4.90 Å². The summed E-state index contributed by atoms with van der Waals surface area (Å²) in [4.78, 5) is 2.28. The highest BCUT2D eigenvalue weighted by Crippen LogP contribution is 2.22. The molecule has 0 saturated carbocycles. The van der Waals surface area contributed by atoms with Crippen molar-refractivity contribution in [3.63, 3.8) is 0 Å². The predicted molar refractivity (Wildman–Crippen MR) is 104 cm³/mol. The van der Waals surface area contributed by atoms with E-state index in [1.807, 2.05) is 24.3 Å². The Morgan fingerprint density at radius 2 is 1.54 bits per heavy atom. The monoisotopic (exact) mass is 407 g/mol. The average Bonchev–Trinajstić information content (AvgIpc) is 3.00. The van der Waals surface area contributed by atoms with E-state index in [1.54, 1.807) is 12.1 Å². The predicted octanol–water partition coefficient (Wildman–Crippen LogP) is 3.41. The van der Waals surface area contributed by atoms with Crippen LogP contribution in [0.25, 0.3) is 0 Å². The number of halogens is 2. The Morgan fingerprint density at radius 1 is 0.929 bits per heavy atom. The summed E-state index contributed by atoms with van der Waals surface area (Å²) in [7, 11) is 0. The number of benzene rings is 2. The van der Waals surface area contributed by atoms with Crippen LogP contribution in [0.15, 0.2) is 48.5 Å². The molecule has 2 fully saturated rings. The van der Waals surface area contributed by atoms with Crippen LogP contribution in [-0.4, -0.2) is 62.7 Å². The first-order valence-electron chi connectivity index (χ1n) is 9.42. The number of likely N-dealkylation sites (tertiary alicyclic amines) is 1. The lowest BCUT2D eigenvalue weighted by molar-refractivity contribution is -0.00461. The molecule has 2 heterocycles. The minimum Gasteiger partial charge on any atom is -0.492 e. The van der Waals surface area contributed by atoms with Crippen molar-refractivity contribution in [2.24, 2.45) is 0 Å². The van der Waals surface area contributed by atoms with E-state index in [1.165, 1.54) is 12.1 Å². The Hall–Kier alpha value is -1.86. The minimum atomic E-state index is -0.282. The molecular weight excluding hydrogens is 385 g/mol. The second kappa shape index (κ2) is 9.09. The third kappa shape index (κ3) is 5.14. The van der Waals surface area contributed by atoms with Crippen LogP contribution in [0.4, 0.5) is 4.39 Å². The van der Waals surface area contributed by atoms with E-state index in [-0.39, 0.29) is 24.1 Å². The van der Waals surface area contributed by atoms with Crippen LogP contribution in [0.1, 0.15) is 0 Å². The summed E-state index contributed by atoms with van der Waals surface area (Å²) in [5, 5.41) is 0.697. The van der Waals surface area contributed by atoms with Crippen LogP contribution >= 0.6 is 11.6 Å². The molecule has 150 valence electrons. The van der Waals surface area contributed by atoms with Gasteiger partial charge in [0.15, 0.2) is 0 Å². The molecule has 2 aliphatic rings. The molecule has 2 saturated heterocycles. The maximum Gasteiger partial charge on any atom is 0.145 e. The molecule has 0 aliphatic carbocycles. The lowest BCUT2D eigenvalue weighted by Gasteiger charge is -2.19. The number of fused-ring (bicyclic) bond motifs is 1. The Balaban J connectivity index is 1.20. The standard InChI is InChI=1S/C21H23ClFNO4/c22-15-1-5-17(6-2-15)25-10-9-24-11-20-21(12-24)27-14-19(13-26-20)28-18-7-3-16(23)4-8-18/h1-8,19-21H,9-14H2/t20-,21-/m0/s1.